The van der Waals surface area contributed by atoms with Crippen LogP contribution in [0.1, 0.15) is 45.4 Å². The summed E-state index contributed by atoms with van der Waals surface area (Å²) >= 11 is 0. The number of carbonyl (C=O) groups is 1. The molecule has 1 aliphatic rings. The monoisotopic (exact) mass is 354 g/mol. The first-order chi connectivity index (χ1) is 12.6. The molecule has 0 aliphatic heterocycles. The molecule has 2 unspecified atom stereocenters. The van der Waals surface area contributed by atoms with Crippen LogP contribution in [0.5, 0.6) is 0 Å². The molecule has 0 aromatic carbocycles. The summed E-state index contributed by atoms with van der Waals surface area (Å²) in [4.78, 5) is 28.3. The third-order valence-electron chi connectivity index (χ3n) is 5.06. The van der Waals surface area contributed by atoms with E-state index in [1.807, 2.05) is 12.1 Å². The molecular formula is C20H26N4O2. The van der Waals surface area contributed by atoms with Gasteiger partial charge >= 0.3 is 0 Å². The molecule has 6 heteroatoms. The Kier molecular flexibility index (Phi) is 6.15. The number of aryl methyl sites for hydroxylation is 1. The van der Waals surface area contributed by atoms with Gasteiger partial charge in [-0.15, -0.1) is 0 Å². The maximum atomic E-state index is 12.2. The smallest absolute Gasteiger partial charge is 0.266 e. The minimum Gasteiger partial charge on any atom is -0.353 e. The zero-order valence-corrected chi connectivity index (χ0v) is 15.2. The van der Waals surface area contributed by atoms with Crippen LogP contribution in [0.2, 0.25) is 0 Å². The topological polar surface area (TPSA) is 76.9 Å². The third kappa shape index (κ3) is 4.77. The molecule has 0 radical (unpaired) electrons. The largest absolute Gasteiger partial charge is 0.353 e. The Hall–Kier alpha value is -2.50. The number of amides is 1. The Morgan fingerprint density at radius 2 is 2.12 bits per heavy atom. The summed E-state index contributed by atoms with van der Waals surface area (Å²) in [5.74, 6) is 0.619. The molecule has 2 aromatic rings. The Morgan fingerprint density at radius 3 is 2.88 bits per heavy atom. The van der Waals surface area contributed by atoms with E-state index in [0.29, 0.717) is 37.0 Å². The van der Waals surface area contributed by atoms with Crippen LogP contribution in [0.15, 0.2) is 41.5 Å². The van der Waals surface area contributed by atoms with Gasteiger partial charge in [-0.2, -0.15) is 5.10 Å². The molecule has 0 spiro atoms. The van der Waals surface area contributed by atoms with Gasteiger partial charge in [0.05, 0.1) is 5.69 Å². The highest BCUT2D eigenvalue weighted by molar-refractivity contribution is 5.76. The van der Waals surface area contributed by atoms with Gasteiger partial charge in [0.2, 0.25) is 5.91 Å². The number of pyridine rings is 1. The lowest BCUT2D eigenvalue weighted by Crippen LogP contribution is -2.41. The first-order valence-electron chi connectivity index (χ1n) is 9.41. The zero-order chi connectivity index (χ0) is 18.4. The van der Waals surface area contributed by atoms with Crippen molar-refractivity contribution in [3.8, 4) is 11.3 Å². The summed E-state index contributed by atoms with van der Waals surface area (Å²) in [5, 5.41) is 7.55. The first-order valence-corrected chi connectivity index (χ1v) is 9.41. The van der Waals surface area contributed by atoms with Gasteiger partial charge in [-0.3, -0.25) is 14.6 Å². The van der Waals surface area contributed by atoms with E-state index in [1.54, 1.807) is 18.5 Å². The van der Waals surface area contributed by atoms with Crippen LogP contribution in [-0.4, -0.2) is 26.7 Å². The third-order valence-corrected chi connectivity index (χ3v) is 5.06. The van der Waals surface area contributed by atoms with Crippen molar-refractivity contribution >= 4 is 5.91 Å². The number of hydrogen-bond donors (Lipinski definition) is 1. The maximum Gasteiger partial charge on any atom is 0.266 e. The summed E-state index contributed by atoms with van der Waals surface area (Å²) in [6, 6.07) is 7.25. The van der Waals surface area contributed by atoms with E-state index in [2.05, 4.69) is 22.3 Å². The van der Waals surface area contributed by atoms with E-state index >= 15 is 0 Å². The number of nitrogens with zero attached hydrogens (tertiary/aromatic N) is 3. The molecule has 3 rings (SSSR count). The first kappa shape index (κ1) is 18.3. The van der Waals surface area contributed by atoms with Crippen molar-refractivity contribution in [2.24, 2.45) is 5.92 Å². The minimum absolute atomic E-state index is 0.0696. The number of rotatable bonds is 6. The molecule has 6 nitrogen and oxygen atoms in total. The number of aromatic nitrogens is 3. The molecule has 2 heterocycles. The molecule has 2 atom stereocenters. The van der Waals surface area contributed by atoms with Crippen LogP contribution in [0, 0.1) is 5.92 Å². The van der Waals surface area contributed by atoms with Crippen molar-refractivity contribution in [3.05, 3.63) is 47.0 Å². The van der Waals surface area contributed by atoms with Crippen LogP contribution in [-0.2, 0) is 11.3 Å². The zero-order valence-electron chi connectivity index (χ0n) is 15.2. The van der Waals surface area contributed by atoms with Gasteiger partial charge < -0.3 is 5.32 Å². The van der Waals surface area contributed by atoms with Gasteiger partial charge in [0.1, 0.15) is 0 Å². The van der Waals surface area contributed by atoms with Gasteiger partial charge in [0.15, 0.2) is 0 Å². The highest BCUT2D eigenvalue weighted by Crippen LogP contribution is 2.23. The lowest BCUT2D eigenvalue weighted by molar-refractivity contribution is -0.122. The van der Waals surface area contributed by atoms with E-state index in [9.17, 15) is 9.59 Å². The van der Waals surface area contributed by atoms with Crippen LogP contribution < -0.4 is 10.9 Å². The second kappa shape index (κ2) is 8.74. The minimum atomic E-state index is -0.154. The van der Waals surface area contributed by atoms with E-state index in [1.165, 1.54) is 30.0 Å². The van der Waals surface area contributed by atoms with Crippen molar-refractivity contribution < 1.29 is 4.79 Å². The molecule has 26 heavy (non-hydrogen) atoms. The number of nitrogens with one attached hydrogen (secondary N) is 1. The van der Waals surface area contributed by atoms with Crippen molar-refractivity contribution in [3.63, 3.8) is 0 Å². The highest BCUT2D eigenvalue weighted by Gasteiger charge is 2.22. The predicted molar refractivity (Wildman–Crippen MR) is 101 cm³/mol. The Bertz CT molecular complexity index is 788. The fraction of sp³-hybridized carbons (Fsp3) is 0.500. The standard InChI is InChI=1S/C20H26N4O2/c1-15-6-2-3-8-17(15)22-19(25)9-5-13-24-20(26)11-10-18(23-24)16-7-4-12-21-14-16/h4,7,10-12,14-15,17H,2-3,5-6,8-9,13H2,1H3,(H,22,25). The van der Waals surface area contributed by atoms with Crippen LogP contribution in [0.3, 0.4) is 0 Å². The Labute approximate surface area is 153 Å². The van der Waals surface area contributed by atoms with Gasteiger partial charge in [-0.05, 0) is 43.4 Å². The number of hydrogen-bond acceptors (Lipinski definition) is 4. The summed E-state index contributed by atoms with van der Waals surface area (Å²) < 4.78 is 1.43. The SMILES string of the molecule is CC1CCCCC1NC(=O)CCCn1nc(-c2cccnc2)ccc1=O. The molecule has 1 aliphatic carbocycles. The average Bonchev–Trinajstić information content (AvgIpc) is 2.66. The van der Waals surface area contributed by atoms with E-state index in [4.69, 9.17) is 0 Å². The fourth-order valence-electron chi connectivity index (χ4n) is 3.48. The second-order valence-corrected chi connectivity index (χ2v) is 7.06. The molecule has 0 saturated heterocycles. The fourth-order valence-corrected chi connectivity index (χ4v) is 3.48. The number of carbonyl (C=O) groups excluding carboxylic acids is 1. The lowest BCUT2D eigenvalue weighted by atomic mass is 9.86. The van der Waals surface area contributed by atoms with Crippen LogP contribution in [0.4, 0.5) is 0 Å². The van der Waals surface area contributed by atoms with E-state index < -0.39 is 0 Å². The summed E-state index contributed by atoms with van der Waals surface area (Å²) in [6.45, 7) is 2.64. The predicted octanol–water partition coefficient (Wildman–Crippen LogP) is 2.78. The van der Waals surface area contributed by atoms with Gasteiger partial charge in [-0.25, -0.2) is 4.68 Å². The normalized spacial score (nSPS) is 19.9. The Morgan fingerprint density at radius 1 is 1.27 bits per heavy atom. The van der Waals surface area contributed by atoms with Gasteiger partial charge in [0, 0.05) is 43.0 Å². The van der Waals surface area contributed by atoms with E-state index in [0.717, 1.165) is 12.0 Å². The second-order valence-electron chi connectivity index (χ2n) is 7.06. The van der Waals surface area contributed by atoms with Gasteiger partial charge in [0.25, 0.3) is 5.56 Å². The molecule has 1 fully saturated rings. The molecular weight excluding hydrogens is 328 g/mol. The van der Waals surface area contributed by atoms with Crippen molar-refractivity contribution in [2.75, 3.05) is 0 Å². The Balaban J connectivity index is 1.54. The van der Waals surface area contributed by atoms with E-state index in [-0.39, 0.29) is 11.5 Å². The summed E-state index contributed by atoms with van der Waals surface area (Å²) in [7, 11) is 0. The molecule has 138 valence electrons. The van der Waals surface area contributed by atoms with Crippen molar-refractivity contribution in [2.45, 2.75) is 58.0 Å². The van der Waals surface area contributed by atoms with Crippen molar-refractivity contribution in [1.82, 2.24) is 20.1 Å². The van der Waals surface area contributed by atoms with Crippen LogP contribution >= 0.6 is 0 Å². The maximum absolute atomic E-state index is 12.2. The molecule has 1 saturated carbocycles. The highest BCUT2D eigenvalue weighted by atomic mass is 16.1. The quantitative estimate of drug-likeness (QED) is 0.865. The van der Waals surface area contributed by atoms with Crippen LogP contribution in [0.25, 0.3) is 11.3 Å². The molecule has 0 bridgehead atoms. The molecule has 1 N–H and O–H groups in total. The van der Waals surface area contributed by atoms with Crippen molar-refractivity contribution in [1.29, 1.82) is 0 Å². The summed E-state index contributed by atoms with van der Waals surface area (Å²) in [5.41, 5.74) is 1.42. The van der Waals surface area contributed by atoms with Gasteiger partial charge in [-0.1, -0.05) is 19.8 Å². The summed E-state index contributed by atoms with van der Waals surface area (Å²) in [6.07, 6.45) is 9.13. The molecule has 1 amide bonds. The lowest BCUT2D eigenvalue weighted by Gasteiger charge is -2.29. The average molecular weight is 354 g/mol. The molecule has 2 aromatic heterocycles.